The Morgan fingerprint density at radius 1 is 1.26 bits per heavy atom. The molecule has 0 radical (unpaired) electrons. The Morgan fingerprint density at radius 2 is 2.00 bits per heavy atom. The number of piperidine rings is 1. The Hall–Kier alpha value is -2.08. The fourth-order valence-electron chi connectivity index (χ4n) is 2.78. The maximum absolute atomic E-state index is 9.34. The van der Waals surface area contributed by atoms with Crippen molar-refractivity contribution in [3.63, 3.8) is 0 Å². The lowest BCUT2D eigenvalue weighted by molar-refractivity contribution is 0.439. The van der Waals surface area contributed by atoms with Crippen LogP contribution in [0, 0.1) is 17.2 Å². The number of hydrogen-bond donors (Lipinski definition) is 0. The topological polar surface area (TPSA) is 39.9 Å². The van der Waals surface area contributed by atoms with E-state index in [9.17, 15) is 5.26 Å². The highest BCUT2D eigenvalue weighted by Crippen LogP contribution is 2.32. The molecule has 3 heteroatoms. The Bertz CT molecular complexity index is 634. The van der Waals surface area contributed by atoms with E-state index in [1.165, 1.54) is 12.8 Å². The Labute approximate surface area is 113 Å². The first-order chi connectivity index (χ1) is 9.29. The molecule has 1 fully saturated rings. The van der Waals surface area contributed by atoms with Crippen LogP contribution in [0.2, 0.25) is 0 Å². The van der Waals surface area contributed by atoms with Crippen LogP contribution >= 0.6 is 0 Å². The molecule has 19 heavy (non-hydrogen) atoms. The lowest BCUT2D eigenvalue weighted by Crippen LogP contribution is -2.33. The Morgan fingerprint density at radius 3 is 2.74 bits per heavy atom. The molecule has 1 aliphatic rings. The monoisotopic (exact) mass is 251 g/mol. The van der Waals surface area contributed by atoms with Crippen molar-refractivity contribution in [1.29, 1.82) is 5.26 Å². The molecule has 0 aliphatic carbocycles. The van der Waals surface area contributed by atoms with Gasteiger partial charge in [-0.15, -0.1) is 0 Å². The molecule has 0 spiro atoms. The minimum atomic E-state index is 0.688. The van der Waals surface area contributed by atoms with E-state index in [2.05, 4.69) is 28.9 Å². The number of fused-ring (bicyclic) bond motifs is 1. The molecule has 1 aromatic carbocycles. The van der Waals surface area contributed by atoms with Crippen molar-refractivity contribution < 1.29 is 0 Å². The number of anilines is 1. The normalized spacial score (nSPS) is 16.5. The van der Waals surface area contributed by atoms with Gasteiger partial charge in [0.15, 0.2) is 0 Å². The Balaban J connectivity index is 2.12. The van der Waals surface area contributed by atoms with Gasteiger partial charge in [0.25, 0.3) is 0 Å². The summed E-state index contributed by atoms with van der Waals surface area (Å²) < 4.78 is 0. The van der Waals surface area contributed by atoms with E-state index in [1.807, 2.05) is 18.2 Å². The fraction of sp³-hybridized carbons (Fsp3) is 0.375. The number of pyridine rings is 1. The maximum atomic E-state index is 9.34. The highest BCUT2D eigenvalue weighted by molar-refractivity contribution is 5.94. The summed E-state index contributed by atoms with van der Waals surface area (Å²) in [5.74, 6) is 0.787. The van der Waals surface area contributed by atoms with E-state index in [1.54, 1.807) is 6.20 Å². The zero-order chi connectivity index (χ0) is 13.2. The van der Waals surface area contributed by atoms with Crippen molar-refractivity contribution in [3.8, 4) is 6.07 Å². The average molecular weight is 251 g/mol. The second-order valence-electron chi connectivity index (χ2n) is 5.32. The third kappa shape index (κ3) is 2.15. The molecule has 0 amide bonds. The van der Waals surface area contributed by atoms with Crippen molar-refractivity contribution in [1.82, 2.24) is 4.98 Å². The first kappa shape index (κ1) is 12.0. The van der Waals surface area contributed by atoms with Crippen molar-refractivity contribution >= 4 is 16.6 Å². The molecular weight excluding hydrogens is 234 g/mol. The van der Waals surface area contributed by atoms with Crippen LogP contribution < -0.4 is 4.90 Å². The Kier molecular flexibility index (Phi) is 3.08. The maximum Gasteiger partial charge on any atom is 0.103 e. The summed E-state index contributed by atoms with van der Waals surface area (Å²) in [5.41, 5.74) is 2.73. The van der Waals surface area contributed by atoms with Gasteiger partial charge in [0.05, 0.1) is 16.8 Å². The lowest BCUT2D eigenvalue weighted by atomic mass is 9.97. The van der Waals surface area contributed by atoms with Gasteiger partial charge in [0.2, 0.25) is 0 Å². The largest absolute Gasteiger partial charge is 0.370 e. The van der Waals surface area contributed by atoms with Gasteiger partial charge in [-0.3, -0.25) is 4.98 Å². The van der Waals surface area contributed by atoms with Gasteiger partial charge in [-0.1, -0.05) is 25.1 Å². The van der Waals surface area contributed by atoms with Crippen molar-refractivity contribution in [2.45, 2.75) is 19.8 Å². The molecule has 1 saturated heterocycles. The molecule has 0 saturated carbocycles. The third-order valence-electron chi connectivity index (χ3n) is 3.97. The van der Waals surface area contributed by atoms with E-state index >= 15 is 0 Å². The summed E-state index contributed by atoms with van der Waals surface area (Å²) >= 11 is 0. The number of para-hydroxylation sites is 1. The molecular formula is C16H17N3. The number of aromatic nitrogens is 1. The number of nitriles is 1. The summed E-state index contributed by atoms with van der Waals surface area (Å²) in [7, 11) is 0. The van der Waals surface area contributed by atoms with Crippen molar-refractivity contribution in [2.75, 3.05) is 18.0 Å². The summed E-state index contributed by atoms with van der Waals surface area (Å²) in [5, 5.41) is 10.4. The van der Waals surface area contributed by atoms with E-state index in [-0.39, 0.29) is 0 Å². The van der Waals surface area contributed by atoms with Crippen LogP contribution in [0.15, 0.2) is 30.5 Å². The van der Waals surface area contributed by atoms with Gasteiger partial charge in [-0.25, -0.2) is 0 Å². The highest BCUT2D eigenvalue weighted by atomic mass is 15.1. The molecule has 3 rings (SSSR count). The van der Waals surface area contributed by atoms with E-state index < -0.39 is 0 Å². The quantitative estimate of drug-likeness (QED) is 0.780. The van der Waals surface area contributed by atoms with Gasteiger partial charge in [0, 0.05) is 24.7 Å². The highest BCUT2D eigenvalue weighted by Gasteiger charge is 2.20. The van der Waals surface area contributed by atoms with Crippen LogP contribution in [0.25, 0.3) is 10.9 Å². The molecule has 0 bridgehead atoms. The SMILES string of the molecule is CC1CCN(c2c(C#N)cnc3ccccc23)CC1. The lowest BCUT2D eigenvalue weighted by Gasteiger charge is -2.33. The van der Waals surface area contributed by atoms with E-state index in [4.69, 9.17) is 0 Å². The van der Waals surface area contributed by atoms with Crippen LogP contribution in [-0.2, 0) is 0 Å². The molecule has 96 valence electrons. The minimum Gasteiger partial charge on any atom is -0.370 e. The van der Waals surface area contributed by atoms with Crippen molar-refractivity contribution in [3.05, 3.63) is 36.0 Å². The number of rotatable bonds is 1. The number of nitrogens with zero attached hydrogens (tertiary/aromatic N) is 3. The summed E-state index contributed by atoms with van der Waals surface area (Å²) in [4.78, 5) is 6.72. The van der Waals surface area contributed by atoms with Crippen LogP contribution in [-0.4, -0.2) is 18.1 Å². The summed E-state index contributed by atoms with van der Waals surface area (Å²) in [6, 6.07) is 10.4. The van der Waals surface area contributed by atoms with Gasteiger partial charge >= 0.3 is 0 Å². The zero-order valence-electron chi connectivity index (χ0n) is 11.1. The molecule has 2 aromatic rings. The first-order valence-electron chi connectivity index (χ1n) is 6.82. The third-order valence-corrected chi connectivity index (χ3v) is 3.97. The summed E-state index contributed by atoms with van der Waals surface area (Å²) in [6.45, 7) is 4.36. The second-order valence-corrected chi connectivity index (χ2v) is 5.32. The fourth-order valence-corrected chi connectivity index (χ4v) is 2.78. The molecule has 1 aromatic heterocycles. The molecule has 0 unspecified atom stereocenters. The average Bonchev–Trinajstić information content (AvgIpc) is 2.47. The van der Waals surface area contributed by atoms with Gasteiger partial charge < -0.3 is 4.90 Å². The van der Waals surface area contributed by atoms with Gasteiger partial charge in [-0.2, -0.15) is 5.26 Å². The number of benzene rings is 1. The molecule has 3 nitrogen and oxygen atoms in total. The van der Waals surface area contributed by atoms with Crippen LogP contribution in [0.3, 0.4) is 0 Å². The zero-order valence-corrected chi connectivity index (χ0v) is 11.1. The summed E-state index contributed by atoms with van der Waals surface area (Å²) in [6.07, 6.45) is 4.10. The van der Waals surface area contributed by atoms with Crippen LogP contribution in [0.1, 0.15) is 25.3 Å². The van der Waals surface area contributed by atoms with Crippen molar-refractivity contribution in [2.24, 2.45) is 5.92 Å². The van der Waals surface area contributed by atoms with Gasteiger partial charge in [-0.05, 0) is 24.8 Å². The molecule has 0 atom stereocenters. The molecule has 2 heterocycles. The minimum absolute atomic E-state index is 0.688. The number of hydrogen-bond acceptors (Lipinski definition) is 3. The second kappa shape index (κ2) is 4.89. The van der Waals surface area contributed by atoms with E-state index in [0.29, 0.717) is 5.56 Å². The predicted molar refractivity (Wildman–Crippen MR) is 77.1 cm³/mol. The van der Waals surface area contributed by atoms with Crippen LogP contribution in [0.5, 0.6) is 0 Å². The van der Waals surface area contributed by atoms with Crippen LogP contribution in [0.4, 0.5) is 5.69 Å². The molecule has 1 aliphatic heterocycles. The van der Waals surface area contributed by atoms with E-state index in [0.717, 1.165) is 35.6 Å². The standard InChI is InChI=1S/C16H17N3/c1-12-6-8-19(9-7-12)16-13(10-17)11-18-15-5-3-2-4-14(15)16/h2-5,11-12H,6-9H2,1H3. The first-order valence-corrected chi connectivity index (χ1v) is 6.82. The molecule has 0 N–H and O–H groups in total. The predicted octanol–water partition coefficient (Wildman–Crippen LogP) is 3.34. The van der Waals surface area contributed by atoms with Gasteiger partial charge in [0.1, 0.15) is 6.07 Å². The smallest absolute Gasteiger partial charge is 0.103 e.